The van der Waals surface area contributed by atoms with Crippen LogP contribution in [0.5, 0.6) is 0 Å². The Bertz CT molecular complexity index is 2480. The maximum atomic E-state index is 5.15. The zero-order chi connectivity index (χ0) is 35.3. The SMILES string of the molecule is Cc1c(C)c2nc3nc(nc4[n-]c(nc5nc(nc1[n-]2)c(-c1ccccc1)n5-c1ccccc1)c(C)c4C)n(-c1ccccc1)c3-c1ccccc1.[Pt+2]. The minimum Gasteiger partial charge on any atom is -0.358 e. The Morgan fingerprint density at radius 1 is 0.377 bits per heavy atom. The first-order valence-electron chi connectivity index (χ1n) is 17.1. The molecule has 260 valence electrons. The Hall–Kier alpha value is -6.25. The van der Waals surface area contributed by atoms with Crippen LogP contribution in [0.1, 0.15) is 22.3 Å². The van der Waals surface area contributed by atoms with Gasteiger partial charge in [-0.05, 0) is 74.2 Å². The Balaban J connectivity index is 0.00000400. The molecule has 4 aromatic carbocycles. The first kappa shape index (κ1) is 33.9. The summed E-state index contributed by atoms with van der Waals surface area (Å²) in [6, 6.07) is 40.4. The van der Waals surface area contributed by atoms with Crippen LogP contribution < -0.4 is 9.97 Å². The van der Waals surface area contributed by atoms with Crippen molar-refractivity contribution in [1.29, 1.82) is 0 Å². The second-order valence-electron chi connectivity index (χ2n) is 12.7. The number of nitrogens with zero attached hydrogens (tertiary/aromatic N) is 10. The van der Waals surface area contributed by atoms with Crippen molar-refractivity contribution in [2.75, 3.05) is 0 Å². The van der Waals surface area contributed by atoms with Gasteiger partial charge in [0.2, 0.25) is 0 Å². The van der Waals surface area contributed by atoms with Crippen LogP contribution in [0.25, 0.3) is 79.3 Å². The number of hydrogen-bond donors (Lipinski definition) is 0. The fraction of sp³-hybridized carbons (Fsp3) is 0.0952. The zero-order valence-corrected chi connectivity index (χ0v) is 31.6. The molecule has 0 saturated carbocycles. The quantitative estimate of drug-likeness (QED) is 0.173. The summed E-state index contributed by atoms with van der Waals surface area (Å²) in [7, 11) is 0. The molecule has 0 aliphatic carbocycles. The van der Waals surface area contributed by atoms with Gasteiger partial charge in [0, 0.05) is 45.1 Å². The molecule has 0 aliphatic heterocycles. The molecule has 11 heteroatoms. The van der Waals surface area contributed by atoms with Gasteiger partial charge in [-0.1, -0.05) is 97.1 Å². The standard InChI is InChI=1S/C42H32N10.Pt/c1-25-26(2)36-43-35(25)45-39-33(29-17-9-5-10-18-29)51(31-21-13-7-14-22-31)41(49-39)47-37-27(3)28(4)38(44-37)48-42-50-40(46-36)34(30-19-11-6-12-20-30)52(42)32-23-15-8-16-24-32;/h5-24H,1-4H3;/q-2;+2. The van der Waals surface area contributed by atoms with Crippen LogP contribution in [0.2, 0.25) is 0 Å². The van der Waals surface area contributed by atoms with Crippen molar-refractivity contribution < 1.29 is 21.1 Å². The molecule has 5 aromatic heterocycles. The van der Waals surface area contributed by atoms with Crippen LogP contribution in [0.3, 0.4) is 0 Å². The maximum Gasteiger partial charge on any atom is 2.00 e. The number of rotatable bonds is 4. The molecule has 0 atom stereocenters. The third-order valence-electron chi connectivity index (χ3n) is 9.53. The molecule has 5 heterocycles. The molecule has 0 saturated heterocycles. The molecule has 0 unspecified atom stereocenters. The summed E-state index contributed by atoms with van der Waals surface area (Å²) in [4.78, 5) is 40.8. The van der Waals surface area contributed by atoms with Gasteiger partial charge >= 0.3 is 21.1 Å². The van der Waals surface area contributed by atoms with E-state index in [0.29, 0.717) is 45.4 Å². The monoisotopic (exact) mass is 871 g/mol. The van der Waals surface area contributed by atoms with E-state index < -0.39 is 0 Å². The van der Waals surface area contributed by atoms with Crippen LogP contribution in [0.4, 0.5) is 0 Å². The first-order valence-corrected chi connectivity index (χ1v) is 17.1. The number of aromatic nitrogens is 10. The third-order valence-corrected chi connectivity index (χ3v) is 9.53. The smallest absolute Gasteiger partial charge is 0.358 e. The van der Waals surface area contributed by atoms with Crippen molar-refractivity contribution in [1.82, 2.24) is 49.0 Å². The van der Waals surface area contributed by atoms with Crippen molar-refractivity contribution in [2.24, 2.45) is 0 Å². The van der Waals surface area contributed by atoms with Gasteiger partial charge in [0.25, 0.3) is 0 Å². The van der Waals surface area contributed by atoms with Gasteiger partial charge in [-0.2, -0.15) is 0 Å². The minimum absolute atomic E-state index is 0. The van der Waals surface area contributed by atoms with Crippen LogP contribution in [-0.4, -0.2) is 39.0 Å². The van der Waals surface area contributed by atoms with E-state index in [4.69, 9.17) is 39.9 Å². The molecular formula is C42H32N10Pt. The van der Waals surface area contributed by atoms with E-state index >= 15 is 0 Å². The van der Waals surface area contributed by atoms with Crippen molar-refractivity contribution in [3.63, 3.8) is 0 Å². The average Bonchev–Trinajstić information content (AvgIpc) is 3.88. The van der Waals surface area contributed by atoms with E-state index in [-0.39, 0.29) is 21.1 Å². The predicted octanol–water partition coefficient (Wildman–Crippen LogP) is 8.42. The van der Waals surface area contributed by atoms with Crippen LogP contribution in [0.15, 0.2) is 121 Å². The summed E-state index contributed by atoms with van der Waals surface area (Å²) < 4.78 is 4.06. The Kier molecular flexibility index (Phi) is 8.76. The van der Waals surface area contributed by atoms with E-state index in [0.717, 1.165) is 56.1 Å². The van der Waals surface area contributed by atoms with Crippen molar-refractivity contribution in [3.8, 4) is 33.9 Å². The molecule has 0 spiro atoms. The van der Waals surface area contributed by atoms with Crippen molar-refractivity contribution >= 4 is 45.4 Å². The normalized spacial score (nSPS) is 11.2. The second-order valence-corrected chi connectivity index (χ2v) is 12.7. The molecule has 0 radical (unpaired) electrons. The molecule has 9 rings (SSSR count). The number of benzene rings is 4. The molecule has 9 aromatic rings. The van der Waals surface area contributed by atoms with Gasteiger partial charge in [0.15, 0.2) is 11.6 Å². The molecule has 8 bridgehead atoms. The van der Waals surface area contributed by atoms with Crippen molar-refractivity contribution in [3.05, 3.63) is 144 Å². The summed E-state index contributed by atoms with van der Waals surface area (Å²) in [6.07, 6.45) is 0. The van der Waals surface area contributed by atoms with Gasteiger partial charge in [-0.3, -0.25) is 9.13 Å². The van der Waals surface area contributed by atoms with E-state index in [2.05, 4.69) is 24.3 Å². The molecule has 0 amide bonds. The fourth-order valence-corrected chi connectivity index (χ4v) is 6.49. The van der Waals surface area contributed by atoms with Gasteiger partial charge in [0.05, 0.1) is 11.4 Å². The third kappa shape index (κ3) is 5.91. The number of para-hydroxylation sites is 2. The molecule has 0 N–H and O–H groups in total. The Morgan fingerprint density at radius 2 is 0.679 bits per heavy atom. The number of hydrogen-bond acceptors (Lipinski definition) is 6. The van der Waals surface area contributed by atoms with E-state index in [1.54, 1.807) is 0 Å². The van der Waals surface area contributed by atoms with Crippen molar-refractivity contribution in [2.45, 2.75) is 27.7 Å². The second kappa shape index (κ2) is 13.7. The molecule has 53 heavy (non-hydrogen) atoms. The van der Waals surface area contributed by atoms with Crippen LogP contribution in [0, 0.1) is 27.7 Å². The van der Waals surface area contributed by atoms with Gasteiger partial charge < -0.3 is 29.9 Å². The summed E-state index contributed by atoms with van der Waals surface area (Å²) in [5, 5.41) is 0. The molecule has 0 aliphatic rings. The Labute approximate surface area is 319 Å². The fourth-order valence-electron chi connectivity index (χ4n) is 6.49. The van der Waals surface area contributed by atoms with Gasteiger partial charge in [0.1, 0.15) is 11.3 Å². The summed E-state index contributed by atoms with van der Waals surface area (Å²) >= 11 is 0. The van der Waals surface area contributed by atoms with Crippen LogP contribution in [-0.2, 0) is 21.1 Å². The predicted molar refractivity (Wildman–Crippen MR) is 205 cm³/mol. The summed E-state index contributed by atoms with van der Waals surface area (Å²) in [5.41, 5.74) is 11.9. The van der Waals surface area contributed by atoms with Gasteiger partial charge in [-0.25, -0.2) is 9.97 Å². The first-order chi connectivity index (χ1) is 25.4. The number of imidazole rings is 2. The molecule has 10 nitrogen and oxygen atoms in total. The number of fused-ring (bicyclic) bond motifs is 8. The maximum absolute atomic E-state index is 5.15. The van der Waals surface area contributed by atoms with Crippen LogP contribution >= 0.6 is 0 Å². The minimum atomic E-state index is 0. The summed E-state index contributed by atoms with van der Waals surface area (Å²) in [5.74, 6) is 0.877. The van der Waals surface area contributed by atoms with E-state index in [9.17, 15) is 0 Å². The van der Waals surface area contributed by atoms with Gasteiger partial charge in [-0.15, -0.1) is 0 Å². The molecular weight excluding hydrogens is 840 g/mol. The largest absolute Gasteiger partial charge is 2.00 e. The number of aryl methyl sites for hydroxylation is 4. The topological polar surface area (TPSA) is 115 Å². The van der Waals surface area contributed by atoms with E-state index in [1.807, 2.05) is 134 Å². The zero-order valence-electron chi connectivity index (χ0n) is 29.3. The Morgan fingerprint density at radius 3 is 1.02 bits per heavy atom. The molecule has 0 fully saturated rings. The summed E-state index contributed by atoms with van der Waals surface area (Å²) in [6.45, 7) is 8.04. The average molecular weight is 872 g/mol. The van der Waals surface area contributed by atoms with E-state index in [1.165, 1.54) is 0 Å².